The Morgan fingerprint density at radius 2 is 1.83 bits per heavy atom. The monoisotopic (exact) mass is 319 g/mol. The van der Waals surface area contributed by atoms with Crippen LogP contribution in [0.1, 0.15) is 15.9 Å². The Balaban J connectivity index is 1.80. The summed E-state index contributed by atoms with van der Waals surface area (Å²) in [4.78, 5) is 21.7. The third kappa shape index (κ3) is 3.41. The van der Waals surface area contributed by atoms with Gasteiger partial charge in [-0.2, -0.15) is 0 Å². The third-order valence-corrected chi connectivity index (χ3v) is 3.78. The van der Waals surface area contributed by atoms with Gasteiger partial charge in [-0.05, 0) is 22.8 Å². The van der Waals surface area contributed by atoms with Crippen molar-refractivity contribution in [3.8, 4) is 11.1 Å². The molecule has 120 valence electrons. The third-order valence-electron chi connectivity index (χ3n) is 3.78. The number of nitrogens with zero attached hydrogens (tertiary/aromatic N) is 3. The zero-order valence-corrected chi connectivity index (χ0v) is 13.3. The molecule has 0 spiro atoms. The largest absolute Gasteiger partial charge is 0.478 e. The molecule has 2 aromatic carbocycles. The summed E-state index contributed by atoms with van der Waals surface area (Å²) in [7, 11) is 1.96. The Labute approximate surface area is 140 Å². The molecule has 0 radical (unpaired) electrons. The highest BCUT2D eigenvalue weighted by Crippen LogP contribution is 2.24. The van der Waals surface area contributed by atoms with E-state index < -0.39 is 5.97 Å². The molecule has 0 saturated heterocycles. The van der Waals surface area contributed by atoms with Gasteiger partial charge in [0.1, 0.15) is 5.82 Å². The number of aromatic carboxylic acids is 1. The van der Waals surface area contributed by atoms with Crippen LogP contribution in [-0.2, 0) is 6.54 Å². The van der Waals surface area contributed by atoms with Crippen LogP contribution in [-0.4, -0.2) is 28.1 Å². The molecule has 1 N–H and O–H groups in total. The van der Waals surface area contributed by atoms with Gasteiger partial charge in [0.15, 0.2) is 0 Å². The SMILES string of the molecule is CN(Cc1ccc(-c2ccccc2C(=O)O)cc1)c1cnccn1. The number of anilines is 1. The van der Waals surface area contributed by atoms with Crippen LogP contribution >= 0.6 is 0 Å². The average Bonchev–Trinajstić information content (AvgIpc) is 2.63. The zero-order valence-electron chi connectivity index (χ0n) is 13.3. The molecule has 0 saturated carbocycles. The van der Waals surface area contributed by atoms with Crippen molar-refractivity contribution in [2.24, 2.45) is 0 Å². The van der Waals surface area contributed by atoms with Crippen molar-refractivity contribution in [2.45, 2.75) is 6.54 Å². The number of benzene rings is 2. The van der Waals surface area contributed by atoms with E-state index in [1.807, 2.05) is 48.3 Å². The maximum atomic E-state index is 11.3. The summed E-state index contributed by atoms with van der Waals surface area (Å²) in [6, 6.07) is 14.9. The van der Waals surface area contributed by atoms with Gasteiger partial charge < -0.3 is 10.0 Å². The van der Waals surface area contributed by atoms with Gasteiger partial charge in [-0.15, -0.1) is 0 Å². The van der Waals surface area contributed by atoms with E-state index >= 15 is 0 Å². The Morgan fingerprint density at radius 1 is 1.08 bits per heavy atom. The molecule has 5 heteroatoms. The van der Waals surface area contributed by atoms with Crippen LogP contribution in [0.15, 0.2) is 67.1 Å². The molecule has 24 heavy (non-hydrogen) atoms. The van der Waals surface area contributed by atoms with Gasteiger partial charge in [-0.25, -0.2) is 9.78 Å². The number of carbonyl (C=O) groups is 1. The molecule has 0 fully saturated rings. The lowest BCUT2D eigenvalue weighted by atomic mass is 9.99. The molecule has 0 atom stereocenters. The molecule has 0 bridgehead atoms. The predicted octanol–water partition coefficient (Wildman–Crippen LogP) is 3.48. The van der Waals surface area contributed by atoms with Crippen molar-refractivity contribution in [1.82, 2.24) is 9.97 Å². The van der Waals surface area contributed by atoms with E-state index in [-0.39, 0.29) is 0 Å². The topological polar surface area (TPSA) is 66.3 Å². The van der Waals surface area contributed by atoms with Crippen LogP contribution in [0.5, 0.6) is 0 Å². The Kier molecular flexibility index (Phi) is 4.52. The minimum absolute atomic E-state index is 0.307. The molecule has 0 aliphatic heterocycles. The van der Waals surface area contributed by atoms with Gasteiger partial charge in [0, 0.05) is 26.0 Å². The highest BCUT2D eigenvalue weighted by molar-refractivity contribution is 5.95. The van der Waals surface area contributed by atoms with Crippen molar-refractivity contribution in [2.75, 3.05) is 11.9 Å². The number of hydrogen-bond donors (Lipinski definition) is 1. The van der Waals surface area contributed by atoms with Crippen LogP contribution in [0, 0.1) is 0 Å². The molecule has 0 unspecified atom stereocenters. The Hall–Kier alpha value is -3.21. The van der Waals surface area contributed by atoms with E-state index in [4.69, 9.17) is 0 Å². The second-order valence-corrected chi connectivity index (χ2v) is 5.47. The fourth-order valence-electron chi connectivity index (χ4n) is 2.55. The second-order valence-electron chi connectivity index (χ2n) is 5.47. The van der Waals surface area contributed by atoms with E-state index in [2.05, 4.69) is 9.97 Å². The summed E-state index contributed by atoms with van der Waals surface area (Å²) in [6.07, 6.45) is 5.03. The van der Waals surface area contributed by atoms with Crippen LogP contribution in [0.2, 0.25) is 0 Å². The van der Waals surface area contributed by atoms with Gasteiger partial charge in [-0.3, -0.25) is 4.98 Å². The summed E-state index contributed by atoms with van der Waals surface area (Å²) < 4.78 is 0. The molecule has 0 aliphatic rings. The van der Waals surface area contributed by atoms with Crippen molar-refractivity contribution in [1.29, 1.82) is 0 Å². The molecule has 0 aliphatic carbocycles. The average molecular weight is 319 g/mol. The van der Waals surface area contributed by atoms with Crippen molar-refractivity contribution >= 4 is 11.8 Å². The van der Waals surface area contributed by atoms with Gasteiger partial charge in [0.2, 0.25) is 0 Å². The molecular formula is C19H17N3O2. The van der Waals surface area contributed by atoms with Crippen LogP contribution in [0.25, 0.3) is 11.1 Å². The summed E-state index contributed by atoms with van der Waals surface area (Å²) >= 11 is 0. The van der Waals surface area contributed by atoms with Crippen molar-refractivity contribution in [3.63, 3.8) is 0 Å². The van der Waals surface area contributed by atoms with E-state index in [9.17, 15) is 9.90 Å². The quantitative estimate of drug-likeness (QED) is 0.780. The minimum Gasteiger partial charge on any atom is -0.478 e. The molecule has 3 rings (SSSR count). The summed E-state index contributed by atoms with van der Waals surface area (Å²) in [5.41, 5.74) is 3.03. The first kappa shape index (κ1) is 15.7. The number of carboxylic acid groups (broad SMARTS) is 1. The number of hydrogen-bond acceptors (Lipinski definition) is 4. The Bertz CT molecular complexity index is 833. The molecule has 0 amide bonds. The number of aromatic nitrogens is 2. The van der Waals surface area contributed by atoms with E-state index in [0.29, 0.717) is 12.1 Å². The lowest BCUT2D eigenvalue weighted by Gasteiger charge is -2.17. The van der Waals surface area contributed by atoms with Crippen molar-refractivity contribution in [3.05, 3.63) is 78.2 Å². The maximum Gasteiger partial charge on any atom is 0.336 e. The Morgan fingerprint density at radius 3 is 2.50 bits per heavy atom. The highest BCUT2D eigenvalue weighted by Gasteiger charge is 2.11. The van der Waals surface area contributed by atoms with Gasteiger partial charge in [0.05, 0.1) is 11.8 Å². The molecule has 3 aromatic rings. The van der Waals surface area contributed by atoms with E-state index in [1.165, 1.54) is 0 Å². The van der Waals surface area contributed by atoms with E-state index in [1.54, 1.807) is 30.7 Å². The smallest absolute Gasteiger partial charge is 0.336 e. The van der Waals surface area contributed by atoms with Gasteiger partial charge >= 0.3 is 5.97 Å². The number of carboxylic acids is 1. The second kappa shape index (κ2) is 6.91. The van der Waals surface area contributed by atoms with Crippen LogP contribution < -0.4 is 4.90 Å². The molecular weight excluding hydrogens is 302 g/mol. The van der Waals surface area contributed by atoms with E-state index in [0.717, 1.165) is 22.5 Å². The summed E-state index contributed by atoms with van der Waals surface area (Å²) in [5, 5.41) is 9.31. The summed E-state index contributed by atoms with van der Waals surface area (Å²) in [6.45, 7) is 0.694. The lowest BCUT2D eigenvalue weighted by molar-refractivity contribution is 0.0697. The van der Waals surface area contributed by atoms with Crippen molar-refractivity contribution < 1.29 is 9.90 Å². The molecule has 1 heterocycles. The van der Waals surface area contributed by atoms with Gasteiger partial charge in [0.25, 0.3) is 0 Å². The molecule has 1 aromatic heterocycles. The number of rotatable bonds is 5. The fourth-order valence-corrected chi connectivity index (χ4v) is 2.55. The first-order chi connectivity index (χ1) is 11.6. The zero-order chi connectivity index (χ0) is 16.9. The van der Waals surface area contributed by atoms with Crippen LogP contribution in [0.3, 0.4) is 0 Å². The summed E-state index contributed by atoms with van der Waals surface area (Å²) in [5.74, 6) is -0.116. The fraction of sp³-hybridized carbons (Fsp3) is 0.105. The maximum absolute atomic E-state index is 11.3. The van der Waals surface area contributed by atoms with Gasteiger partial charge in [-0.1, -0.05) is 42.5 Å². The lowest BCUT2D eigenvalue weighted by Crippen LogP contribution is -2.17. The normalized spacial score (nSPS) is 10.4. The standard InChI is InChI=1S/C19H17N3O2/c1-22(18-12-20-10-11-21-18)13-14-6-8-15(9-7-14)16-4-2-3-5-17(16)19(23)24/h2-12H,13H2,1H3,(H,23,24). The first-order valence-electron chi connectivity index (χ1n) is 7.54. The minimum atomic E-state index is -0.919. The molecule has 5 nitrogen and oxygen atoms in total. The highest BCUT2D eigenvalue weighted by atomic mass is 16.4. The van der Waals surface area contributed by atoms with Crippen LogP contribution in [0.4, 0.5) is 5.82 Å². The first-order valence-corrected chi connectivity index (χ1v) is 7.54. The predicted molar refractivity (Wildman–Crippen MR) is 93.0 cm³/mol.